The van der Waals surface area contributed by atoms with Crippen molar-refractivity contribution in [1.82, 2.24) is 5.32 Å². The highest BCUT2D eigenvalue weighted by molar-refractivity contribution is 9.10. The minimum Gasteiger partial charge on any atom is -0.384 e. The maximum atomic E-state index is 13.5. The zero-order chi connectivity index (χ0) is 16.9. The number of carbonyl (C=O) groups excluding carboxylic acids is 1. The molecule has 1 atom stereocenters. The highest BCUT2D eigenvalue weighted by atomic mass is 79.9. The van der Waals surface area contributed by atoms with Crippen molar-refractivity contribution in [2.24, 2.45) is 0 Å². The first-order chi connectivity index (χ1) is 10.9. The topological polar surface area (TPSA) is 49.3 Å². The Kier molecular flexibility index (Phi) is 5.91. The van der Waals surface area contributed by atoms with Gasteiger partial charge in [-0.1, -0.05) is 46.3 Å². The Hall–Kier alpha value is -1.72. The van der Waals surface area contributed by atoms with E-state index >= 15 is 0 Å². The minimum atomic E-state index is -1.16. The van der Waals surface area contributed by atoms with Crippen molar-refractivity contribution in [3.8, 4) is 0 Å². The third kappa shape index (κ3) is 5.15. The number of aryl methyl sites for hydroxylation is 1. The molecule has 0 heterocycles. The van der Waals surface area contributed by atoms with Crippen LogP contribution in [-0.4, -0.2) is 17.6 Å². The van der Waals surface area contributed by atoms with Gasteiger partial charge in [0.15, 0.2) is 0 Å². The van der Waals surface area contributed by atoms with Gasteiger partial charge in [-0.3, -0.25) is 4.79 Å². The number of rotatable bonds is 6. The van der Waals surface area contributed by atoms with Crippen LogP contribution in [0.15, 0.2) is 53.0 Å². The molecule has 2 N–H and O–H groups in total. The molecule has 0 fully saturated rings. The highest BCUT2D eigenvalue weighted by Crippen LogP contribution is 2.22. The summed E-state index contributed by atoms with van der Waals surface area (Å²) in [6.07, 6.45) is 0.510. The van der Waals surface area contributed by atoms with Crippen LogP contribution in [0.5, 0.6) is 0 Å². The number of carbonyl (C=O) groups is 1. The van der Waals surface area contributed by atoms with Crippen molar-refractivity contribution >= 4 is 21.8 Å². The summed E-state index contributed by atoms with van der Waals surface area (Å²) in [6.45, 7) is 1.75. The Balaban J connectivity index is 1.86. The predicted molar refractivity (Wildman–Crippen MR) is 91.4 cm³/mol. The average Bonchev–Trinajstić information content (AvgIpc) is 2.53. The van der Waals surface area contributed by atoms with E-state index in [0.717, 1.165) is 10.0 Å². The lowest BCUT2D eigenvalue weighted by atomic mass is 9.96. The predicted octanol–water partition coefficient (Wildman–Crippen LogP) is 3.54. The van der Waals surface area contributed by atoms with Crippen LogP contribution >= 0.6 is 15.9 Å². The average molecular weight is 380 g/mol. The lowest BCUT2D eigenvalue weighted by Gasteiger charge is -2.24. The molecule has 5 heteroatoms. The molecular weight excluding hydrogens is 361 g/mol. The number of amides is 1. The summed E-state index contributed by atoms with van der Waals surface area (Å²) < 4.78 is 14.4. The molecule has 0 radical (unpaired) electrons. The monoisotopic (exact) mass is 379 g/mol. The molecule has 2 aromatic rings. The van der Waals surface area contributed by atoms with E-state index in [1.807, 2.05) is 12.1 Å². The van der Waals surface area contributed by atoms with E-state index in [1.54, 1.807) is 37.3 Å². The molecule has 23 heavy (non-hydrogen) atoms. The van der Waals surface area contributed by atoms with E-state index in [-0.39, 0.29) is 24.7 Å². The van der Waals surface area contributed by atoms with E-state index in [4.69, 9.17) is 0 Å². The fourth-order valence-corrected chi connectivity index (χ4v) is 2.48. The van der Waals surface area contributed by atoms with Crippen LogP contribution in [0, 0.1) is 5.82 Å². The number of nitrogens with one attached hydrogen (secondary N) is 1. The smallest absolute Gasteiger partial charge is 0.220 e. The molecule has 2 aromatic carbocycles. The Morgan fingerprint density at radius 1 is 1.22 bits per heavy atom. The largest absolute Gasteiger partial charge is 0.384 e. The fraction of sp³-hybridized carbons (Fsp3) is 0.278. The molecule has 0 aliphatic rings. The van der Waals surface area contributed by atoms with Crippen LogP contribution in [0.2, 0.25) is 0 Å². The van der Waals surface area contributed by atoms with Crippen molar-refractivity contribution in [3.05, 3.63) is 69.9 Å². The van der Waals surface area contributed by atoms with Crippen molar-refractivity contribution in [1.29, 1.82) is 0 Å². The Labute approximate surface area is 143 Å². The molecule has 3 nitrogen and oxygen atoms in total. The third-order valence-electron chi connectivity index (χ3n) is 3.68. The van der Waals surface area contributed by atoms with Crippen molar-refractivity contribution in [2.45, 2.75) is 25.4 Å². The van der Waals surface area contributed by atoms with Gasteiger partial charge in [-0.25, -0.2) is 4.39 Å². The first kappa shape index (κ1) is 17.6. The summed E-state index contributed by atoms with van der Waals surface area (Å²) in [5, 5.41) is 13.2. The van der Waals surface area contributed by atoms with Gasteiger partial charge in [0, 0.05) is 10.9 Å². The van der Waals surface area contributed by atoms with Gasteiger partial charge in [0.25, 0.3) is 0 Å². The van der Waals surface area contributed by atoms with Gasteiger partial charge in [-0.2, -0.15) is 0 Å². The van der Waals surface area contributed by atoms with Gasteiger partial charge in [0.1, 0.15) is 11.4 Å². The van der Waals surface area contributed by atoms with E-state index in [2.05, 4.69) is 21.2 Å². The maximum absolute atomic E-state index is 13.5. The van der Waals surface area contributed by atoms with Crippen LogP contribution in [0.25, 0.3) is 0 Å². The fourth-order valence-electron chi connectivity index (χ4n) is 2.22. The van der Waals surface area contributed by atoms with Crippen molar-refractivity contribution in [3.63, 3.8) is 0 Å². The quantitative estimate of drug-likeness (QED) is 0.806. The van der Waals surface area contributed by atoms with Crippen LogP contribution in [-0.2, 0) is 16.8 Å². The lowest BCUT2D eigenvalue weighted by molar-refractivity contribution is -0.122. The second kappa shape index (κ2) is 7.70. The molecule has 0 aliphatic heterocycles. The molecule has 0 aromatic heterocycles. The minimum absolute atomic E-state index is 0.102. The Morgan fingerprint density at radius 3 is 2.52 bits per heavy atom. The summed E-state index contributed by atoms with van der Waals surface area (Å²) in [5.74, 6) is -0.521. The van der Waals surface area contributed by atoms with E-state index in [9.17, 15) is 14.3 Å². The molecule has 0 spiro atoms. The molecule has 0 bridgehead atoms. The molecule has 0 saturated heterocycles. The first-order valence-electron chi connectivity index (χ1n) is 7.37. The second-order valence-electron chi connectivity index (χ2n) is 5.65. The zero-order valence-electron chi connectivity index (χ0n) is 12.9. The summed E-state index contributed by atoms with van der Waals surface area (Å²) in [5.41, 5.74) is 0.0753. The summed E-state index contributed by atoms with van der Waals surface area (Å²) in [7, 11) is 0. The molecule has 1 unspecified atom stereocenters. The van der Waals surface area contributed by atoms with E-state index < -0.39 is 5.60 Å². The molecule has 2 rings (SSSR count). The van der Waals surface area contributed by atoms with Crippen LogP contribution in [0.4, 0.5) is 4.39 Å². The summed E-state index contributed by atoms with van der Waals surface area (Å²) >= 11 is 3.34. The Morgan fingerprint density at radius 2 is 1.87 bits per heavy atom. The maximum Gasteiger partial charge on any atom is 0.220 e. The molecule has 0 saturated carbocycles. The standard InChI is InChI=1S/C18H19BrFNO2/c1-18(23,14-7-9-15(19)10-8-14)12-21-17(22)11-6-13-4-2-3-5-16(13)20/h2-5,7-10,23H,6,11-12H2,1H3,(H,21,22). The van der Waals surface area contributed by atoms with Gasteiger partial charge in [-0.15, -0.1) is 0 Å². The molecule has 1 amide bonds. The molecule has 0 aliphatic carbocycles. The second-order valence-corrected chi connectivity index (χ2v) is 6.56. The number of halogens is 2. The highest BCUT2D eigenvalue weighted by Gasteiger charge is 2.23. The van der Waals surface area contributed by atoms with Crippen molar-refractivity contribution in [2.75, 3.05) is 6.54 Å². The molecule has 122 valence electrons. The van der Waals surface area contributed by atoms with Crippen LogP contribution in [0.1, 0.15) is 24.5 Å². The number of benzene rings is 2. The van der Waals surface area contributed by atoms with Gasteiger partial charge in [0.05, 0.1) is 6.54 Å². The molecular formula is C18H19BrFNO2. The normalized spacial score (nSPS) is 13.4. The van der Waals surface area contributed by atoms with Gasteiger partial charge in [0.2, 0.25) is 5.91 Å². The van der Waals surface area contributed by atoms with E-state index in [0.29, 0.717) is 12.0 Å². The van der Waals surface area contributed by atoms with E-state index in [1.165, 1.54) is 6.07 Å². The number of hydrogen-bond donors (Lipinski definition) is 2. The SMILES string of the molecule is CC(O)(CNC(=O)CCc1ccccc1F)c1ccc(Br)cc1. The first-order valence-corrected chi connectivity index (χ1v) is 8.16. The third-order valence-corrected chi connectivity index (χ3v) is 4.20. The van der Waals surface area contributed by atoms with Gasteiger partial charge in [-0.05, 0) is 42.7 Å². The van der Waals surface area contributed by atoms with Crippen molar-refractivity contribution < 1.29 is 14.3 Å². The Bertz CT molecular complexity index is 671. The zero-order valence-corrected chi connectivity index (χ0v) is 14.4. The summed E-state index contributed by atoms with van der Waals surface area (Å²) in [6, 6.07) is 13.7. The van der Waals surface area contributed by atoms with Crippen LogP contribution in [0.3, 0.4) is 0 Å². The van der Waals surface area contributed by atoms with Gasteiger partial charge >= 0.3 is 0 Å². The lowest BCUT2D eigenvalue weighted by Crippen LogP contribution is -2.38. The van der Waals surface area contributed by atoms with Crippen LogP contribution < -0.4 is 5.32 Å². The van der Waals surface area contributed by atoms with Gasteiger partial charge < -0.3 is 10.4 Å². The summed E-state index contributed by atoms with van der Waals surface area (Å²) in [4.78, 5) is 11.9. The number of aliphatic hydroxyl groups is 1. The number of hydrogen-bond acceptors (Lipinski definition) is 2.